The average molecular weight is 440 g/mol. The molecule has 0 saturated carbocycles. The molecule has 0 N–H and O–H groups in total. The molecular weight excluding hydrogens is 410 g/mol. The summed E-state index contributed by atoms with van der Waals surface area (Å²) >= 11 is 0. The van der Waals surface area contributed by atoms with Crippen molar-refractivity contribution >= 4 is 22.5 Å². The number of rotatable bonds is 3. The lowest BCUT2D eigenvalue weighted by atomic mass is 9.89. The Kier molecular flexibility index (Phi) is 5.10. The molecule has 0 spiro atoms. The van der Waals surface area contributed by atoms with E-state index in [2.05, 4.69) is 40.6 Å². The topological polar surface area (TPSA) is 53.7 Å². The summed E-state index contributed by atoms with van der Waals surface area (Å²) in [5.41, 5.74) is 7.41. The van der Waals surface area contributed by atoms with Crippen LogP contribution in [0.1, 0.15) is 45.7 Å². The third-order valence-corrected chi connectivity index (χ3v) is 7.09. The predicted octanol–water partition coefficient (Wildman–Crippen LogP) is 4.03. The maximum atomic E-state index is 13.8. The first kappa shape index (κ1) is 20.4. The molecular formula is C27H29N5O. The van der Waals surface area contributed by atoms with Crippen LogP contribution in [-0.2, 0) is 19.4 Å². The summed E-state index contributed by atoms with van der Waals surface area (Å²) in [6.07, 6.45) is 8.37. The van der Waals surface area contributed by atoms with Crippen molar-refractivity contribution in [2.45, 2.75) is 39.2 Å². The normalized spacial score (nSPS) is 16.9. The summed E-state index contributed by atoms with van der Waals surface area (Å²) in [5, 5.41) is 1.02. The van der Waals surface area contributed by atoms with Crippen LogP contribution >= 0.6 is 0 Å². The van der Waals surface area contributed by atoms with Crippen molar-refractivity contribution in [3.63, 3.8) is 0 Å². The van der Waals surface area contributed by atoms with Crippen molar-refractivity contribution in [2.24, 2.45) is 0 Å². The fourth-order valence-corrected chi connectivity index (χ4v) is 5.34. The Morgan fingerprint density at radius 2 is 1.85 bits per heavy atom. The highest BCUT2D eigenvalue weighted by Crippen LogP contribution is 2.31. The van der Waals surface area contributed by atoms with Gasteiger partial charge in [-0.3, -0.25) is 14.7 Å². The van der Waals surface area contributed by atoms with E-state index in [4.69, 9.17) is 9.97 Å². The van der Waals surface area contributed by atoms with Crippen LogP contribution < -0.4 is 0 Å². The molecule has 33 heavy (non-hydrogen) atoms. The number of hydrogen-bond donors (Lipinski definition) is 0. The van der Waals surface area contributed by atoms with Gasteiger partial charge in [-0.15, -0.1) is 0 Å². The monoisotopic (exact) mass is 439 g/mol. The summed E-state index contributed by atoms with van der Waals surface area (Å²) < 4.78 is 2.06. The highest BCUT2D eigenvalue weighted by molar-refractivity contribution is 6.08. The lowest BCUT2D eigenvalue weighted by Gasteiger charge is -2.35. The lowest BCUT2D eigenvalue weighted by molar-refractivity contribution is 0.0627. The smallest absolute Gasteiger partial charge is 0.254 e. The van der Waals surface area contributed by atoms with E-state index in [1.165, 1.54) is 11.1 Å². The van der Waals surface area contributed by atoms with Gasteiger partial charge in [0, 0.05) is 56.2 Å². The zero-order valence-electron chi connectivity index (χ0n) is 19.1. The van der Waals surface area contributed by atoms with E-state index in [1.807, 2.05) is 29.3 Å². The molecule has 1 aliphatic carbocycles. The number of aryl methyl sites for hydroxylation is 2. The largest absolute Gasteiger partial charge is 0.336 e. The van der Waals surface area contributed by atoms with Crippen LogP contribution in [0.5, 0.6) is 0 Å². The number of carbonyl (C=O) groups excluding carboxylic acids is 1. The van der Waals surface area contributed by atoms with E-state index in [-0.39, 0.29) is 5.91 Å². The minimum atomic E-state index is 0.179. The second-order valence-corrected chi connectivity index (χ2v) is 9.41. The zero-order chi connectivity index (χ0) is 22.4. The van der Waals surface area contributed by atoms with Crippen LogP contribution in [0.3, 0.4) is 0 Å². The van der Waals surface area contributed by atoms with Crippen molar-refractivity contribution in [3.05, 3.63) is 76.9 Å². The maximum Gasteiger partial charge on any atom is 0.254 e. The molecule has 0 atom stereocenters. The molecule has 1 amide bonds. The molecule has 2 aliphatic rings. The standard InChI is InChI=1S/C27H29N5O/c1-19-9-10-24-22(16-19)26(21-6-2-3-7-23(21)29-24)27(33)31-14-12-30(13-15-31)17-20-18-32-11-5-4-8-25(32)28-20/h4-5,8-11,16,18H,2-3,6-7,12-15,17H2,1H3. The van der Waals surface area contributed by atoms with Gasteiger partial charge in [0.15, 0.2) is 0 Å². The summed E-state index contributed by atoms with van der Waals surface area (Å²) in [6.45, 7) is 6.13. The van der Waals surface area contributed by atoms with Crippen molar-refractivity contribution in [1.29, 1.82) is 0 Å². The summed E-state index contributed by atoms with van der Waals surface area (Å²) in [4.78, 5) is 28.0. The zero-order valence-corrected chi connectivity index (χ0v) is 19.1. The molecule has 1 fully saturated rings. The van der Waals surface area contributed by atoms with E-state index >= 15 is 0 Å². The highest BCUT2D eigenvalue weighted by atomic mass is 16.2. The molecule has 6 rings (SSSR count). The average Bonchev–Trinajstić information content (AvgIpc) is 3.25. The third-order valence-electron chi connectivity index (χ3n) is 7.09. The Bertz CT molecular complexity index is 1320. The number of piperazine rings is 1. The second kappa shape index (κ2) is 8.27. The number of nitrogens with zero attached hydrogens (tertiary/aromatic N) is 5. The number of benzene rings is 1. The van der Waals surface area contributed by atoms with Gasteiger partial charge in [0.25, 0.3) is 5.91 Å². The number of carbonyl (C=O) groups is 1. The van der Waals surface area contributed by atoms with E-state index in [0.29, 0.717) is 0 Å². The Morgan fingerprint density at radius 1 is 1.00 bits per heavy atom. The van der Waals surface area contributed by atoms with Gasteiger partial charge in [0.05, 0.1) is 16.8 Å². The van der Waals surface area contributed by atoms with E-state index in [1.54, 1.807) is 0 Å². The molecule has 1 aliphatic heterocycles. The predicted molar refractivity (Wildman–Crippen MR) is 129 cm³/mol. The molecule has 6 nitrogen and oxygen atoms in total. The molecule has 4 heterocycles. The molecule has 0 unspecified atom stereocenters. The van der Waals surface area contributed by atoms with Gasteiger partial charge in [0.1, 0.15) is 5.65 Å². The second-order valence-electron chi connectivity index (χ2n) is 9.41. The molecule has 1 aromatic carbocycles. The van der Waals surface area contributed by atoms with Gasteiger partial charge in [-0.25, -0.2) is 4.98 Å². The van der Waals surface area contributed by atoms with Crippen molar-refractivity contribution in [3.8, 4) is 0 Å². The van der Waals surface area contributed by atoms with E-state index in [0.717, 1.165) is 91.9 Å². The minimum Gasteiger partial charge on any atom is -0.336 e. The number of amides is 1. The number of hydrogen-bond acceptors (Lipinski definition) is 4. The Hall–Kier alpha value is -3.25. The van der Waals surface area contributed by atoms with E-state index < -0.39 is 0 Å². The van der Waals surface area contributed by atoms with Crippen LogP contribution in [0, 0.1) is 6.92 Å². The SMILES string of the molecule is Cc1ccc2nc3c(c(C(=O)N4CCN(Cc5cn6ccccc6n5)CC4)c2c1)CCCC3. The van der Waals surface area contributed by atoms with Gasteiger partial charge in [-0.1, -0.05) is 17.7 Å². The Morgan fingerprint density at radius 3 is 2.70 bits per heavy atom. The summed E-state index contributed by atoms with van der Waals surface area (Å²) in [6, 6.07) is 12.4. The first-order chi connectivity index (χ1) is 16.2. The van der Waals surface area contributed by atoms with Crippen LogP contribution in [0.4, 0.5) is 0 Å². The Labute approximate surface area is 193 Å². The van der Waals surface area contributed by atoms with Gasteiger partial charge in [0.2, 0.25) is 0 Å². The van der Waals surface area contributed by atoms with E-state index in [9.17, 15) is 4.79 Å². The quantitative estimate of drug-likeness (QED) is 0.484. The number of aromatic nitrogens is 3. The molecule has 4 aromatic rings. The number of fused-ring (bicyclic) bond motifs is 3. The van der Waals surface area contributed by atoms with Gasteiger partial charge >= 0.3 is 0 Å². The summed E-state index contributed by atoms with van der Waals surface area (Å²) in [5.74, 6) is 0.179. The van der Waals surface area contributed by atoms with Gasteiger partial charge < -0.3 is 9.30 Å². The molecule has 0 bridgehead atoms. The maximum absolute atomic E-state index is 13.8. The minimum absolute atomic E-state index is 0.179. The van der Waals surface area contributed by atoms with Crippen LogP contribution in [0.2, 0.25) is 0 Å². The number of imidazole rings is 1. The van der Waals surface area contributed by atoms with Crippen LogP contribution in [0.15, 0.2) is 48.8 Å². The van der Waals surface area contributed by atoms with Crippen molar-refractivity contribution in [1.82, 2.24) is 24.2 Å². The van der Waals surface area contributed by atoms with Crippen molar-refractivity contribution in [2.75, 3.05) is 26.2 Å². The molecule has 6 heteroatoms. The Balaban J connectivity index is 1.23. The lowest BCUT2D eigenvalue weighted by Crippen LogP contribution is -2.48. The van der Waals surface area contributed by atoms with Crippen LogP contribution in [0.25, 0.3) is 16.6 Å². The molecule has 0 radical (unpaired) electrons. The summed E-state index contributed by atoms with van der Waals surface area (Å²) in [7, 11) is 0. The fourth-order valence-electron chi connectivity index (χ4n) is 5.34. The van der Waals surface area contributed by atoms with Crippen LogP contribution in [-0.4, -0.2) is 56.3 Å². The molecule has 3 aromatic heterocycles. The van der Waals surface area contributed by atoms with Crippen molar-refractivity contribution < 1.29 is 4.79 Å². The first-order valence-electron chi connectivity index (χ1n) is 12.0. The van der Waals surface area contributed by atoms with Gasteiger partial charge in [-0.05, 0) is 62.4 Å². The fraction of sp³-hybridized carbons (Fsp3) is 0.370. The third kappa shape index (κ3) is 3.78. The number of pyridine rings is 2. The van der Waals surface area contributed by atoms with Gasteiger partial charge in [-0.2, -0.15) is 0 Å². The first-order valence-corrected chi connectivity index (χ1v) is 12.0. The highest BCUT2D eigenvalue weighted by Gasteiger charge is 2.28. The molecule has 1 saturated heterocycles. The molecule has 168 valence electrons.